The third-order valence-corrected chi connectivity index (χ3v) is 3.66. The van der Waals surface area contributed by atoms with Crippen molar-refractivity contribution in [2.75, 3.05) is 12.8 Å². The molecule has 3 rings (SSSR count). The van der Waals surface area contributed by atoms with Crippen LogP contribution in [0.2, 0.25) is 0 Å². The maximum absolute atomic E-state index is 12.6. The van der Waals surface area contributed by atoms with Crippen LogP contribution >= 0.6 is 0 Å². The molecule has 0 aliphatic heterocycles. The number of benzene rings is 1. The second kappa shape index (κ2) is 5.01. The van der Waals surface area contributed by atoms with Crippen molar-refractivity contribution in [1.29, 1.82) is 0 Å². The molecular weight excluding hydrogens is 266 g/mol. The van der Waals surface area contributed by atoms with E-state index in [1.54, 1.807) is 24.4 Å². The van der Waals surface area contributed by atoms with Crippen LogP contribution in [0, 0.1) is 6.92 Å². The van der Waals surface area contributed by atoms with E-state index in [4.69, 9.17) is 10.2 Å². The van der Waals surface area contributed by atoms with E-state index in [-0.39, 0.29) is 5.91 Å². The normalized spacial score (nSPS) is 11.0. The monoisotopic (exact) mass is 283 g/mol. The Kier molecular flexibility index (Phi) is 3.17. The summed E-state index contributed by atoms with van der Waals surface area (Å²) in [4.78, 5) is 17.4. The fraction of sp³-hybridized carbons (Fsp3) is 0.188. The summed E-state index contributed by atoms with van der Waals surface area (Å²) in [6, 6.07) is 7.38. The minimum absolute atomic E-state index is 0.0487. The van der Waals surface area contributed by atoms with E-state index in [0.29, 0.717) is 17.8 Å². The highest BCUT2D eigenvalue weighted by molar-refractivity contribution is 6.07. The standard InChI is InChI=1S/C16H17N3O2/c1-10-11(5-6-21-10)9-19(2)16(20)14-8-18-15-4-3-12(17)7-13(14)15/h3-8,18H,9,17H2,1-2H3. The molecule has 0 bridgehead atoms. The van der Waals surface area contributed by atoms with Crippen LogP contribution in [0.5, 0.6) is 0 Å². The van der Waals surface area contributed by atoms with E-state index in [9.17, 15) is 4.79 Å². The number of aromatic amines is 1. The molecule has 3 N–H and O–H groups in total. The van der Waals surface area contributed by atoms with Crippen molar-refractivity contribution in [3.63, 3.8) is 0 Å². The third-order valence-electron chi connectivity index (χ3n) is 3.66. The van der Waals surface area contributed by atoms with E-state index in [0.717, 1.165) is 22.2 Å². The molecule has 5 nitrogen and oxygen atoms in total. The number of nitrogen functional groups attached to an aromatic ring is 1. The highest BCUT2D eigenvalue weighted by Gasteiger charge is 2.17. The maximum atomic E-state index is 12.6. The molecular formula is C16H17N3O2. The van der Waals surface area contributed by atoms with Gasteiger partial charge >= 0.3 is 0 Å². The van der Waals surface area contributed by atoms with Crippen molar-refractivity contribution in [2.24, 2.45) is 0 Å². The number of hydrogen-bond donors (Lipinski definition) is 2. The molecule has 0 saturated carbocycles. The van der Waals surface area contributed by atoms with E-state index in [1.165, 1.54) is 0 Å². The van der Waals surface area contributed by atoms with Gasteiger partial charge in [0.1, 0.15) is 5.76 Å². The molecule has 1 aromatic carbocycles. The molecule has 0 aliphatic carbocycles. The largest absolute Gasteiger partial charge is 0.469 e. The fourth-order valence-electron chi connectivity index (χ4n) is 2.42. The molecule has 0 saturated heterocycles. The lowest BCUT2D eigenvalue weighted by molar-refractivity contribution is 0.0786. The Morgan fingerprint density at radius 1 is 1.38 bits per heavy atom. The Balaban J connectivity index is 1.89. The zero-order valence-electron chi connectivity index (χ0n) is 12.0. The molecule has 0 atom stereocenters. The van der Waals surface area contributed by atoms with Gasteiger partial charge in [0.2, 0.25) is 0 Å². The van der Waals surface area contributed by atoms with Gasteiger partial charge in [-0.1, -0.05) is 0 Å². The van der Waals surface area contributed by atoms with Crippen LogP contribution in [0.4, 0.5) is 5.69 Å². The Labute approximate surface area is 122 Å². The minimum Gasteiger partial charge on any atom is -0.469 e. The fourth-order valence-corrected chi connectivity index (χ4v) is 2.42. The van der Waals surface area contributed by atoms with Gasteiger partial charge in [0.15, 0.2) is 0 Å². The van der Waals surface area contributed by atoms with Crippen LogP contribution in [-0.4, -0.2) is 22.8 Å². The Morgan fingerprint density at radius 2 is 2.19 bits per heavy atom. The smallest absolute Gasteiger partial charge is 0.256 e. The summed E-state index contributed by atoms with van der Waals surface area (Å²) < 4.78 is 5.26. The van der Waals surface area contributed by atoms with Crippen LogP contribution < -0.4 is 5.73 Å². The number of nitrogens with one attached hydrogen (secondary N) is 1. The molecule has 2 heterocycles. The number of amides is 1. The van der Waals surface area contributed by atoms with Crippen molar-refractivity contribution in [3.05, 3.63) is 53.6 Å². The average Bonchev–Trinajstić information content (AvgIpc) is 3.04. The first-order chi connectivity index (χ1) is 10.1. The number of furan rings is 1. The number of aryl methyl sites for hydroxylation is 1. The molecule has 3 aromatic rings. The zero-order valence-corrected chi connectivity index (χ0v) is 12.0. The zero-order chi connectivity index (χ0) is 15.0. The number of H-pyrrole nitrogens is 1. The van der Waals surface area contributed by atoms with Crippen molar-refractivity contribution >= 4 is 22.5 Å². The lowest BCUT2D eigenvalue weighted by Gasteiger charge is -2.16. The van der Waals surface area contributed by atoms with Crippen molar-refractivity contribution in [1.82, 2.24) is 9.88 Å². The van der Waals surface area contributed by atoms with Crippen LogP contribution in [0.1, 0.15) is 21.7 Å². The summed E-state index contributed by atoms with van der Waals surface area (Å²) in [5, 5.41) is 0.843. The number of aromatic nitrogens is 1. The molecule has 0 unspecified atom stereocenters. The average molecular weight is 283 g/mol. The summed E-state index contributed by atoms with van der Waals surface area (Å²) in [7, 11) is 1.78. The first-order valence-electron chi connectivity index (χ1n) is 6.71. The van der Waals surface area contributed by atoms with E-state index in [2.05, 4.69) is 4.98 Å². The summed E-state index contributed by atoms with van der Waals surface area (Å²) >= 11 is 0. The summed E-state index contributed by atoms with van der Waals surface area (Å²) in [6.45, 7) is 2.40. The summed E-state index contributed by atoms with van der Waals surface area (Å²) in [6.07, 6.45) is 3.36. The number of anilines is 1. The van der Waals surface area contributed by atoms with Gasteiger partial charge in [0.25, 0.3) is 5.91 Å². The predicted molar refractivity (Wildman–Crippen MR) is 82.0 cm³/mol. The molecule has 5 heteroatoms. The second-order valence-corrected chi connectivity index (χ2v) is 5.17. The van der Waals surface area contributed by atoms with Crippen LogP contribution in [0.25, 0.3) is 10.9 Å². The number of fused-ring (bicyclic) bond motifs is 1. The number of nitrogens with zero attached hydrogens (tertiary/aromatic N) is 1. The second-order valence-electron chi connectivity index (χ2n) is 5.17. The van der Waals surface area contributed by atoms with Gasteiger partial charge in [-0.25, -0.2) is 0 Å². The van der Waals surface area contributed by atoms with Crippen molar-refractivity contribution < 1.29 is 9.21 Å². The third kappa shape index (κ3) is 2.38. The number of rotatable bonds is 3. The lowest BCUT2D eigenvalue weighted by Crippen LogP contribution is -2.26. The molecule has 0 aliphatic rings. The van der Waals surface area contributed by atoms with Crippen LogP contribution in [-0.2, 0) is 6.54 Å². The highest BCUT2D eigenvalue weighted by Crippen LogP contribution is 2.23. The van der Waals surface area contributed by atoms with E-state index in [1.807, 2.05) is 31.2 Å². The SMILES string of the molecule is Cc1occc1CN(C)C(=O)c1c[nH]c2ccc(N)cc12. The molecule has 21 heavy (non-hydrogen) atoms. The molecule has 1 amide bonds. The molecule has 0 fully saturated rings. The minimum atomic E-state index is -0.0487. The number of hydrogen-bond acceptors (Lipinski definition) is 3. The maximum Gasteiger partial charge on any atom is 0.256 e. The molecule has 2 aromatic heterocycles. The highest BCUT2D eigenvalue weighted by atomic mass is 16.3. The molecule has 108 valence electrons. The first-order valence-corrected chi connectivity index (χ1v) is 6.71. The molecule has 0 spiro atoms. The van der Waals surface area contributed by atoms with Crippen LogP contribution in [0.3, 0.4) is 0 Å². The predicted octanol–water partition coefficient (Wildman–Crippen LogP) is 2.92. The Bertz CT molecular complexity index is 801. The van der Waals surface area contributed by atoms with Gasteiger partial charge < -0.3 is 20.0 Å². The van der Waals surface area contributed by atoms with Crippen LogP contribution in [0.15, 0.2) is 41.1 Å². The van der Waals surface area contributed by atoms with Gasteiger partial charge in [-0.05, 0) is 31.2 Å². The number of carbonyl (C=O) groups excluding carboxylic acids is 1. The van der Waals surface area contributed by atoms with E-state index >= 15 is 0 Å². The van der Waals surface area contributed by atoms with Crippen molar-refractivity contribution in [2.45, 2.75) is 13.5 Å². The number of nitrogens with two attached hydrogens (primary N) is 1. The van der Waals surface area contributed by atoms with Gasteiger partial charge in [0.05, 0.1) is 11.8 Å². The van der Waals surface area contributed by atoms with Crippen molar-refractivity contribution in [3.8, 4) is 0 Å². The van der Waals surface area contributed by atoms with Gasteiger partial charge in [0, 0.05) is 41.9 Å². The summed E-state index contributed by atoms with van der Waals surface area (Å²) in [5.74, 6) is 0.783. The topological polar surface area (TPSA) is 75.3 Å². The lowest BCUT2D eigenvalue weighted by atomic mass is 10.1. The van der Waals surface area contributed by atoms with Gasteiger partial charge in [-0.2, -0.15) is 0 Å². The summed E-state index contributed by atoms with van der Waals surface area (Å²) in [5.41, 5.74) is 8.98. The quantitative estimate of drug-likeness (QED) is 0.726. The van der Waals surface area contributed by atoms with Gasteiger partial charge in [-0.15, -0.1) is 0 Å². The molecule has 0 radical (unpaired) electrons. The number of carbonyl (C=O) groups is 1. The van der Waals surface area contributed by atoms with E-state index < -0.39 is 0 Å². The first kappa shape index (κ1) is 13.3. The Morgan fingerprint density at radius 3 is 2.90 bits per heavy atom. The van der Waals surface area contributed by atoms with Gasteiger partial charge in [-0.3, -0.25) is 4.79 Å². The Hall–Kier alpha value is -2.69.